The maximum atomic E-state index is 12.0. The fourth-order valence-corrected chi connectivity index (χ4v) is 2.33. The third-order valence-corrected chi connectivity index (χ3v) is 3.47. The number of hydrogen-bond acceptors (Lipinski definition) is 4. The lowest BCUT2D eigenvalue weighted by Gasteiger charge is -2.28. The van der Waals surface area contributed by atoms with Gasteiger partial charge in [-0.3, -0.25) is 4.79 Å². The number of benzene rings is 1. The number of amides is 1. The summed E-state index contributed by atoms with van der Waals surface area (Å²) in [5.74, 6) is 0.815. The van der Waals surface area contributed by atoms with E-state index in [1.807, 2.05) is 31.2 Å². The Balaban J connectivity index is 1.65. The maximum absolute atomic E-state index is 12.0. The lowest BCUT2D eigenvalue weighted by atomic mass is 10.2. The van der Waals surface area contributed by atoms with Crippen molar-refractivity contribution in [3.63, 3.8) is 0 Å². The summed E-state index contributed by atoms with van der Waals surface area (Å²) in [6, 6.07) is 11.3. The minimum Gasteiger partial charge on any atom is -0.456 e. The lowest BCUT2D eigenvalue weighted by Crippen LogP contribution is -2.36. The van der Waals surface area contributed by atoms with Gasteiger partial charge in [-0.25, -0.2) is 0 Å². The van der Waals surface area contributed by atoms with Crippen LogP contribution in [-0.4, -0.2) is 32.2 Å². The first kappa shape index (κ1) is 13.7. The van der Waals surface area contributed by atoms with Crippen molar-refractivity contribution in [2.45, 2.75) is 6.92 Å². The van der Waals surface area contributed by atoms with Crippen molar-refractivity contribution in [2.24, 2.45) is 0 Å². The Kier molecular flexibility index (Phi) is 3.92. The molecule has 1 aliphatic rings. The molecule has 2 aromatic rings. The van der Waals surface area contributed by atoms with Gasteiger partial charge in [0, 0.05) is 24.5 Å². The largest absolute Gasteiger partial charge is 0.456 e. The van der Waals surface area contributed by atoms with Crippen LogP contribution in [0.2, 0.25) is 0 Å². The molecule has 5 nitrogen and oxygen atoms in total. The van der Waals surface area contributed by atoms with E-state index in [1.165, 1.54) is 0 Å². The van der Waals surface area contributed by atoms with Crippen LogP contribution in [0.25, 0.3) is 0 Å². The molecular weight excluding hydrogens is 268 g/mol. The second kappa shape index (κ2) is 6.01. The smallest absolute Gasteiger partial charge is 0.291 e. The second-order valence-corrected chi connectivity index (χ2v) is 5.01. The van der Waals surface area contributed by atoms with E-state index in [1.54, 1.807) is 12.1 Å². The molecule has 0 unspecified atom stereocenters. The molecule has 0 spiro atoms. The number of aryl methyl sites for hydroxylation is 1. The SMILES string of the molecule is Cc1ccc(C(=O)Nc2ccc(N3CCOCC3)cc2)o1. The van der Waals surface area contributed by atoms with Crippen molar-refractivity contribution in [1.29, 1.82) is 0 Å². The van der Waals surface area contributed by atoms with Crippen LogP contribution in [-0.2, 0) is 4.74 Å². The van der Waals surface area contributed by atoms with Crippen molar-refractivity contribution in [1.82, 2.24) is 0 Å². The summed E-state index contributed by atoms with van der Waals surface area (Å²) >= 11 is 0. The minimum atomic E-state index is -0.234. The molecule has 0 bridgehead atoms. The molecule has 1 N–H and O–H groups in total. The van der Waals surface area contributed by atoms with Gasteiger partial charge < -0.3 is 19.4 Å². The molecule has 21 heavy (non-hydrogen) atoms. The number of carbonyl (C=O) groups excluding carboxylic acids is 1. The Bertz CT molecular complexity index is 613. The number of nitrogens with zero attached hydrogens (tertiary/aromatic N) is 1. The normalized spacial score (nSPS) is 15.0. The quantitative estimate of drug-likeness (QED) is 0.942. The van der Waals surface area contributed by atoms with Crippen molar-refractivity contribution in [3.8, 4) is 0 Å². The zero-order valence-electron chi connectivity index (χ0n) is 12.0. The van der Waals surface area contributed by atoms with Crippen molar-refractivity contribution < 1.29 is 13.9 Å². The summed E-state index contributed by atoms with van der Waals surface area (Å²) in [5.41, 5.74) is 1.90. The van der Waals surface area contributed by atoms with Crippen LogP contribution < -0.4 is 10.2 Å². The van der Waals surface area contributed by atoms with E-state index in [0.717, 1.165) is 43.4 Å². The predicted molar refractivity (Wildman–Crippen MR) is 80.9 cm³/mol. The number of hydrogen-bond donors (Lipinski definition) is 1. The number of ether oxygens (including phenoxy) is 1. The van der Waals surface area contributed by atoms with Gasteiger partial charge in [0.15, 0.2) is 5.76 Å². The van der Waals surface area contributed by atoms with Crippen molar-refractivity contribution in [3.05, 3.63) is 47.9 Å². The van der Waals surface area contributed by atoms with Crippen LogP contribution in [0.1, 0.15) is 16.3 Å². The van der Waals surface area contributed by atoms with Gasteiger partial charge in [0.1, 0.15) is 5.76 Å². The van der Waals surface area contributed by atoms with E-state index in [0.29, 0.717) is 5.76 Å². The number of anilines is 2. The van der Waals surface area contributed by atoms with Crippen LogP contribution in [0.15, 0.2) is 40.8 Å². The summed E-state index contributed by atoms with van der Waals surface area (Å²) in [7, 11) is 0. The van der Waals surface area contributed by atoms with Crippen LogP contribution >= 0.6 is 0 Å². The lowest BCUT2D eigenvalue weighted by molar-refractivity contribution is 0.0995. The molecule has 0 aliphatic carbocycles. The monoisotopic (exact) mass is 286 g/mol. The predicted octanol–water partition coefficient (Wildman–Crippen LogP) is 2.68. The van der Waals surface area contributed by atoms with Crippen LogP contribution in [0.4, 0.5) is 11.4 Å². The van der Waals surface area contributed by atoms with Gasteiger partial charge in [-0.05, 0) is 43.3 Å². The standard InChI is InChI=1S/C16H18N2O3/c1-12-2-7-15(21-12)16(19)17-13-3-5-14(6-4-13)18-8-10-20-11-9-18/h2-7H,8-11H2,1H3,(H,17,19). The van der Waals surface area contributed by atoms with Crippen LogP contribution in [0.3, 0.4) is 0 Å². The molecule has 110 valence electrons. The number of nitrogens with one attached hydrogen (secondary N) is 1. The number of carbonyl (C=O) groups is 1. The average molecular weight is 286 g/mol. The Morgan fingerprint density at radius 1 is 1.10 bits per heavy atom. The topological polar surface area (TPSA) is 54.7 Å². The number of rotatable bonds is 3. The van der Waals surface area contributed by atoms with E-state index in [9.17, 15) is 4.79 Å². The molecule has 1 aromatic carbocycles. The minimum absolute atomic E-state index is 0.234. The van der Waals surface area contributed by atoms with Gasteiger partial charge in [-0.1, -0.05) is 0 Å². The third kappa shape index (κ3) is 3.25. The molecule has 1 aliphatic heterocycles. The van der Waals surface area contributed by atoms with Crippen LogP contribution in [0.5, 0.6) is 0 Å². The van der Waals surface area contributed by atoms with E-state index >= 15 is 0 Å². The van der Waals surface area contributed by atoms with E-state index in [-0.39, 0.29) is 5.91 Å². The van der Waals surface area contributed by atoms with Gasteiger partial charge in [0.25, 0.3) is 5.91 Å². The third-order valence-electron chi connectivity index (χ3n) is 3.47. The summed E-state index contributed by atoms with van der Waals surface area (Å²) in [5, 5.41) is 2.83. The molecule has 1 amide bonds. The fraction of sp³-hybridized carbons (Fsp3) is 0.312. The molecule has 0 radical (unpaired) electrons. The second-order valence-electron chi connectivity index (χ2n) is 5.01. The Morgan fingerprint density at radius 2 is 1.81 bits per heavy atom. The first-order valence-electron chi connectivity index (χ1n) is 7.03. The van der Waals surface area contributed by atoms with Gasteiger partial charge >= 0.3 is 0 Å². The van der Waals surface area contributed by atoms with E-state index in [2.05, 4.69) is 10.2 Å². The van der Waals surface area contributed by atoms with E-state index < -0.39 is 0 Å². The summed E-state index contributed by atoms with van der Waals surface area (Å²) in [6.45, 7) is 5.13. The molecule has 1 aromatic heterocycles. The van der Waals surface area contributed by atoms with Crippen LogP contribution in [0, 0.1) is 6.92 Å². The van der Waals surface area contributed by atoms with Crippen molar-refractivity contribution >= 4 is 17.3 Å². The molecule has 5 heteroatoms. The molecule has 0 atom stereocenters. The molecule has 0 saturated carbocycles. The first-order chi connectivity index (χ1) is 10.2. The Hall–Kier alpha value is -2.27. The van der Waals surface area contributed by atoms with Crippen molar-refractivity contribution in [2.75, 3.05) is 36.5 Å². The summed E-state index contributed by atoms with van der Waals surface area (Å²) in [6.07, 6.45) is 0. The molecule has 1 saturated heterocycles. The molecule has 3 rings (SSSR count). The summed E-state index contributed by atoms with van der Waals surface area (Å²) in [4.78, 5) is 14.3. The highest BCUT2D eigenvalue weighted by Crippen LogP contribution is 2.19. The highest BCUT2D eigenvalue weighted by atomic mass is 16.5. The fourth-order valence-electron chi connectivity index (χ4n) is 2.33. The Labute approximate surface area is 123 Å². The maximum Gasteiger partial charge on any atom is 0.291 e. The molecule has 2 heterocycles. The number of morpholine rings is 1. The highest BCUT2D eigenvalue weighted by Gasteiger charge is 2.12. The number of furan rings is 1. The zero-order valence-corrected chi connectivity index (χ0v) is 12.0. The molecular formula is C16H18N2O3. The van der Waals surface area contributed by atoms with Gasteiger partial charge in [-0.2, -0.15) is 0 Å². The van der Waals surface area contributed by atoms with Gasteiger partial charge in [0.2, 0.25) is 0 Å². The van der Waals surface area contributed by atoms with Gasteiger partial charge in [-0.15, -0.1) is 0 Å². The Morgan fingerprint density at radius 3 is 2.43 bits per heavy atom. The first-order valence-corrected chi connectivity index (χ1v) is 7.03. The van der Waals surface area contributed by atoms with E-state index in [4.69, 9.17) is 9.15 Å². The van der Waals surface area contributed by atoms with Gasteiger partial charge in [0.05, 0.1) is 13.2 Å². The highest BCUT2D eigenvalue weighted by molar-refractivity contribution is 6.02. The summed E-state index contributed by atoms with van der Waals surface area (Å²) < 4.78 is 10.6. The molecule has 1 fully saturated rings. The average Bonchev–Trinajstić information content (AvgIpc) is 2.96. The zero-order chi connectivity index (χ0) is 14.7.